The molecule has 1 aromatic carbocycles. The van der Waals surface area contributed by atoms with Gasteiger partial charge in [-0.3, -0.25) is 9.59 Å². The molecule has 2 fully saturated rings. The number of nitrogens with one attached hydrogen (secondary N) is 1. The van der Waals surface area contributed by atoms with Crippen LogP contribution in [0, 0.1) is 0 Å². The second kappa shape index (κ2) is 7.63. The highest BCUT2D eigenvalue weighted by Gasteiger charge is 2.57. The van der Waals surface area contributed by atoms with Gasteiger partial charge in [-0.15, -0.1) is 0 Å². The molecule has 1 heterocycles. The van der Waals surface area contributed by atoms with Gasteiger partial charge in [-0.1, -0.05) is 43.9 Å². The number of carbonyl (C=O) groups is 2. The molecule has 0 unspecified atom stereocenters. The van der Waals surface area contributed by atoms with E-state index in [1.807, 2.05) is 24.3 Å². The van der Waals surface area contributed by atoms with E-state index in [2.05, 4.69) is 10.2 Å². The molecular formula is C22H30N2O3. The van der Waals surface area contributed by atoms with E-state index in [1.165, 1.54) is 12.8 Å². The van der Waals surface area contributed by atoms with Gasteiger partial charge in [-0.2, -0.15) is 0 Å². The van der Waals surface area contributed by atoms with Gasteiger partial charge in [0.05, 0.1) is 18.1 Å². The highest BCUT2D eigenvalue weighted by Crippen LogP contribution is 2.52. The monoisotopic (exact) mass is 370 g/mol. The Labute approximate surface area is 161 Å². The Morgan fingerprint density at radius 1 is 1.19 bits per heavy atom. The van der Waals surface area contributed by atoms with Crippen molar-refractivity contribution in [2.45, 2.75) is 68.9 Å². The Morgan fingerprint density at radius 3 is 2.59 bits per heavy atom. The quantitative estimate of drug-likeness (QED) is 0.810. The summed E-state index contributed by atoms with van der Waals surface area (Å²) in [5.41, 5.74) is 1.26. The maximum absolute atomic E-state index is 13.6. The van der Waals surface area contributed by atoms with E-state index in [9.17, 15) is 9.59 Å². The number of hydrogen-bond donors (Lipinski definition) is 1. The summed E-state index contributed by atoms with van der Waals surface area (Å²) in [5.74, 6) is -0.108. The van der Waals surface area contributed by atoms with Crippen LogP contribution in [0.2, 0.25) is 0 Å². The van der Waals surface area contributed by atoms with E-state index in [4.69, 9.17) is 4.74 Å². The van der Waals surface area contributed by atoms with Gasteiger partial charge in [0, 0.05) is 25.3 Å². The second-order valence-electron chi connectivity index (χ2n) is 8.23. The summed E-state index contributed by atoms with van der Waals surface area (Å²) in [4.78, 5) is 29.1. The Kier molecular flexibility index (Phi) is 5.22. The third-order valence-electron chi connectivity index (χ3n) is 6.76. The van der Waals surface area contributed by atoms with E-state index >= 15 is 0 Å². The number of fused-ring (bicyclic) bond motifs is 1. The van der Waals surface area contributed by atoms with Crippen LogP contribution in [0.5, 0.6) is 0 Å². The third kappa shape index (κ3) is 3.06. The lowest BCUT2D eigenvalue weighted by molar-refractivity contribution is -0.127. The maximum Gasteiger partial charge on any atom is 0.254 e. The summed E-state index contributed by atoms with van der Waals surface area (Å²) in [6, 6.07) is 8.03. The van der Waals surface area contributed by atoms with Gasteiger partial charge < -0.3 is 15.0 Å². The zero-order valence-electron chi connectivity index (χ0n) is 16.2. The fraction of sp³-hybridized carbons (Fsp3) is 0.636. The summed E-state index contributed by atoms with van der Waals surface area (Å²) < 4.78 is 5.11. The average Bonchev–Trinajstić information content (AvgIpc) is 3.36. The first-order valence-corrected chi connectivity index (χ1v) is 10.4. The molecule has 146 valence electrons. The standard InChI is InChI=1S/C22H30N2O3/c1-27-15-14-23-20(25)19-17-10-4-5-11-18(17)21(26)24(16-8-2-3-9-16)22(19)12-6-7-13-22/h4-5,10-11,16,19H,2-3,6-9,12-15H2,1H3,(H,23,25)/t19-/m0/s1. The molecule has 2 amide bonds. The van der Waals surface area contributed by atoms with Gasteiger partial charge >= 0.3 is 0 Å². The second-order valence-corrected chi connectivity index (χ2v) is 8.23. The van der Waals surface area contributed by atoms with Crippen LogP contribution in [0.15, 0.2) is 24.3 Å². The predicted molar refractivity (Wildman–Crippen MR) is 104 cm³/mol. The number of carbonyl (C=O) groups excluding carboxylic acids is 2. The van der Waals surface area contributed by atoms with Crippen molar-refractivity contribution in [3.8, 4) is 0 Å². The van der Waals surface area contributed by atoms with Crippen LogP contribution in [0.3, 0.4) is 0 Å². The molecule has 0 aromatic heterocycles. The number of hydrogen-bond acceptors (Lipinski definition) is 3. The lowest BCUT2D eigenvalue weighted by Gasteiger charge is -2.52. The first-order chi connectivity index (χ1) is 13.2. The Balaban J connectivity index is 1.79. The summed E-state index contributed by atoms with van der Waals surface area (Å²) in [5, 5.41) is 3.07. The minimum Gasteiger partial charge on any atom is -0.383 e. The molecule has 27 heavy (non-hydrogen) atoms. The molecule has 5 nitrogen and oxygen atoms in total. The van der Waals surface area contributed by atoms with Crippen LogP contribution in [0.25, 0.3) is 0 Å². The SMILES string of the molecule is COCCNC(=O)[C@@H]1c2ccccc2C(=O)N(C2CCCC2)C12CCCC2. The number of nitrogens with zero attached hydrogens (tertiary/aromatic N) is 1. The normalized spacial score (nSPS) is 24.4. The molecule has 1 aliphatic heterocycles. The van der Waals surface area contributed by atoms with Crippen molar-refractivity contribution in [3.63, 3.8) is 0 Å². The van der Waals surface area contributed by atoms with E-state index < -0.39 is 0 Å². The Morgan fingerprint density at radius 2 is 1.89 bits per heavy atom. The fourth-order valence-corrected chi connectivity index (χ4v) is 5.68. The molecule has 3 aliphatic rings. The number of rotatable bonds is 5. The summed E-state index contributed by atoms with van der Waals surface area (Å²) >= 11 is 0. The fourth-order valence-electron chi connectivity index (χ4n) is 5.68. The van der Waals surface area contributed by atoms with E-state index in [-0.39, 0.29) is 29.3 Å². The van der Waals surface area contributed by atoms with Gasteiger partial charge in [-0.25, -0.2) is 0 Å². The molecule has 1 aromatic rings. The number of benzene rings is 1. The minimum atomic E-state index is -0.363. The molecule has 2 saturated carbocycles. The zero-order valence-corrected chi connectivity index (χ0v) is 16.2. The van der Waals surface area contributed by atoms with Crippen LogP contribution in [-0.2, 0) is 9.53 Å². The Bertz CT molecular complexity index is 705. The van der Waals surface area contributed by atoms with E-state index in [0.29, 0.717) is 18.7 Å². The molecule has 4 rings (SSSR count). The maximum atomic E-state index is 13.6. The molecule has 1 N–H and O–H groups in total. The van der Waals surface area contributed by atoms with E-state index in [0.717, 1.165) is 44.1 Å². The smallest absolute Gasteiger partial charge is 0.254 e. The highest BCUT2D eigenvalue weighted by atomic mass is 16.5. The van der Waals surface area contributed by atoms with Crippen molar-refractivity contribution in [1.29, 1.82) is 0 Å². The summed E-state index contributed by atoms with van der Waals surface area (Å²) in [6.45, 7) is 1.000. The molecule has 0 radical (unpaired) electrons. The van der Waals surface area contributed by atoms with E-state index in [1.54, 1.807) is 7.11 Å². The van der Waals surface area contributed by atoms with Crippen molar-refractivity contribution in [2.24, 2.45) is 0 Å². The van der Waals surface area contributed by atoms with Crippen molar-refractivity contribution >= 4 is 11.8 Å². The lowest BCUT2D eigenvalue weighted by atomic mass is 9.70. The van der Waals surface area contributed by atoms with Crippen molar-refractivity contribution in [2.75, 3.05) is 20.3 Å². The molecule has 1 atom stereocenters. The zero-order chi connectivity index (χ0) is 18.9. The average molecular weight is 370 g/mol. The van der Waals surface area contributed by atoms with Crippen LogP contribution in [-0.4, -0.2) is 48.6 Å². The summed E-state index contributed by atoms with van der Waals surface area (Å²) in [6.07, 6.45) is 8.49. The molecule has 2 aliphatic carbocycles. The van der Waals surface area contributed by atoms with Gasteiger partial charge in [0.2, 0.25) is 5.91 Å². The van der Waals surface area contributed by atoms with Gasteiger partial charge in [0.25, 0.3) is 5.91 Å². The van der Waals surface area contributed by atoms with Gasteiger partial charge in [0.1, 0.15) is 0 Å². The molecule has 0 bridgehead atoms. The molecule has 5 heteroatoms. The third-order valence-corrected chi connectivity index (χ3v) is 6.76. The Hall–Kier alpha value is -1.88. The van der Waals surface area contributed by atoms with Crippen LogP contribution in [0.1, 0.15) is 73.2 Å². The van der Waals surface area contributed by atoms with Gasteiger partial charge in [0.15, 0.2) is 0 Å². The topological polar surface area (TPSA) is 58.6 Å². The lowest BCUT2D eigenvalue weighted by Crippen LogP contribution is -2.63. The first-order valence-electron chi connectivity index (χ1n) is 10.4. The first kappa shape index (κ1) is 18.5. The summed E-state index contributed by atoms with van der Waals surface area (Å²) in [7, 11) is 1.64. The number of methoxy groups -OCH3 is 1. The van der Waals surface area contributed by atoms with Crippen LogP contribution < -0.4 is 5.32 Å². The largest absolute Gasteiger partial charge is 0.383 e. The molecule has 1 spiro atoms. The van der Waals surface area contributed by atoms with Crippen molar-refractivity contribution < 1.29 is 14.3 Å². The highest BCUT2D eigenvalue weighted by molar-refractivity contribution is 6.02. The molecule has 0 saturated heterocycles. The van der Waals surface area contributed by atoms with Crippen molar-refractivity contribution in [1.82, 2.24) is 10.2 Å². The van der Waals surface area contributed by atoms with Crippen LogP contribution in [0.4, 0.5) is 0 Å². The van der Waals surface area contributed by atoms with Crippen molar-refractivity contribution in [3.05, 3.63) is 35.4 Å². The minimum absolute atomic E-state index is 0.0388. The number of ether oxygens (including phenoxy) is 1. The predicted octanol–water partition coefficient (Wildman–Crippen LogP) is 3.24. The number of amides is 2. The molecular weight excluding hydrogens is 340 g/mol. The van der Waals surface area contributed by atoms with Crippen LogP contribution >= 0.6 is 0 Å². The van der Waals surface area contributed by atoms with Gasteiger partial charge in [-0.05, 0) is 37.3 Å².